The summed E-state index contributed by atoms with van der Waals surface area (Å²) >= 11 is 0. The van der Waals surface area contributed by atoms with Gasteiger partial charge < -0.3 is 5.32 Å². The van der Waals surface area contributed by atoms with E-state index < -0.39 is 0 Å². The zero-order valence-electron chi connectivity index (χ0n) is 9.65. The molecule has 2 rings (SSSR count). The minimum atomic E-state index is 0.422. The van der Waals surface area contributed by atoms with Crippen LogP contribution in [0.25, 0.3) is 0 Å². The Bertz CT molecular complexity index is 377. The van der Waals surface area contributed by atoms with Gasteiger partial charge in [0.05, 0.1) is 0 Å². The Labute approximate surface area is 97.9 Å². The van der Waals surface area contributed by atoms with Gasteiger partial charge in [-0.25, -0.2) is 0 Å². The third kappa shape index (κ3) is 2.54. The molecule has 0 spiro atoms. The highest BCUT2D eigenvalue weighted by atomic mass is 14.9. The average molecular weight is 213 g/mol. The molecule has 0 amide bonds. The summed E-state index contributed by atoms with van der Waals surface area (Å²) in [6.07, 6.45) is 7.54. The number of hydrogen-bond donors (Lipinski definition) is 1. The number of benzene rings is 1. The van der Waals surface area contributed by atoms with Gasteiger partial charge in [0, 0.05) is 11.7 Å². The molecular formula is C15H19N. The van der Waals surface area contributed by atoms with Crippen molar-refractivity contribution >= 4 is 5.69 Å². The number of nitrogens with one attached hydrogen (secondary N) is 1. The van der Waals surface area contributed by atoms with Crippen molar-refractivity contribution in [3.8, 4) is 0 Å². The predicted molar refractivity (Wildman–Crippen MR) is 70.7 cm³/mol. The van der Waals surface area contributed by atoms with E-state index in [1.54, 1.807) is 0 Å². The van der Waals surface area contributed by atoms with Crippen molar-refractivity contribution < 1.29 is 0 Å². The van der Waals surface area contributed by atoms with Crippen LogP contribution in [0.2, 0.25) is 0 Å². The molecule has 1 aliphatic carbocycles. The Balaban J connectivity index is 2.12. The maximum absolute atomic E-state index is 3.91. The van der Waals surface area contributed by atoms with E-state index in [-0.39, 0.29) is 0 Å². The summed E-state index contributed by atoms with van der Waals surface area (Å²) in [5.41, 5.74) is 2.53. The van der Waals surface area contributed by atoms with Gasteiger partial charge in [-0.2, -0.15) is 0 Å². The van der Waals surface area contributed by atoms with Crippen molar-refractivity contribution in [1.82, 2.24) is 0 Å². The lowest BCUT2D eigenvalue weighted by Crippen LogP contribution is -2.19. The molecule has 84 valence electrons. The van der Waals surface area contributed by atoms with E-state index in [1.807, 2.05) is 12.2 Å². The molecule has 1 aromatic carbocycles. The molecule has 1 saturated carbocycles. The summed E-state index contributed by atoms with van der Waals surface area (Å²) in [7, 11) is 0. The van der Waals surface area contributed by atoms with Crippen LogP contribution in [0.1, 0.15) is 18.4 Å². The third-order valence-corrected chi connectivity index (χ3v) is 3.09. The first-order chi connectivity index (χ1) is 7.85. The Morgan fingerprint density at radius 3 is 2.69 bits per heavy atom. The van der Waals surface area contributed by atoms with Crippen molar-refractivity contribution in [2.45, 2.75) is 25.3 Å². The molecule has 1 N–H and O–H groups in total. The van der Waals surface area contributed by atoms with Crippen LogP contribution in [0.4, 0.5) is 5.69 Å². The Hall–Kier alpha value is -1.50. The number of rotatable bonds is 6. The molecule has 1 atom stereocenters. The van der Waals surface area contributed by atoms with Gasteiger partial charge in [0.25, 0.3) is 0 Å². The summed E-state index contributed by atoms with van der Waals surface area (Å²) in [6, 6.07) is 8.85. The van der Waals surface area contributed by atoms with Crippen molar-refractivity contribution in [3.63, 3.8) is 0 Å². The molecule has 0 heterocycles. The van der Waals surface area contributed by atoms with E-state index >= 15 is 0 Å². The molecule has 0 saturated heterocycles. The number of para-hydroxylation sites is 1. The molecule has 1 aliphatic rings. The normalized spacial score (nSPS) is 16.5. The second-order valence-corrected chi connectivity index (χ2v) is 4.39. The van der Waals surface area contributed by atoms with Gasteiger partial charge in [0.2, 0.25) is 0 Å². The maximum Gasteiger partial charge on any atom is 0.0470 e. The zero-order chi connectivity index (χ0) is 11.4. The van der Waals surface area contributed by atoms with Crippen molar-refractivity contribution in [1.29, 1.82) is 0 Å². The Morgan fingerprint density at radius 1 is 1.31 bits per heavy atom. The number of anilines is 1. The fourth-order valence-corrected chi connectivity index (χ4v) is 2.00. The lowest BCUT2D eigenvalue weighted by Gasteiger charge is -2.17. The SMILES string of the molecule is C=CCc1ccccc1N[C@@H](C=C)C1CC1. The van der Waals surface area contributed by atoms with Gasteiger partial charge in [-0.05, 0) is 36.8 Å². The summed E-state index contributed by atoms with van der Waals surface area (Å²) < 4.78 is 0. The van der Waals surface area contributed by atoms with E-state index in [2.05, 4.69) is 42.7 Å². The lowest BCUT2D eigenvalue weighted by atomic mass is 10.1. The van der Waals surface area contributed by atoms with Gasteiger partial charge in [0.1, 0.15) is 0 Å². The first kappa shape index (κ1) is 11.0. The van der Waals surface area contributed by atoms with Gasteiger partial charge in [-0.1, -0.05) is 30.4 Å². The second kappa shape index (κ2) is 5.02. The molecule has 1 fully saturated rings. The predicted octanol–water partition coefficient (Wildman–Crippen LogP) is 3.79. The van der Waals surface area contributed by atoms with Crippen molar-refractivity contribution in [2.75, 3.05) is 5.32 Å². The van der Waals surface area contributed by atoms with E-state index in [1.165, 1.54) is 24.1 Å². The van der Waals surface area contributed by atoms with Crippen molar-refractivity contribution in [2.24, 2.45) is 5.92 Å². The van der Waals surface area contributed by atoms with Crippen LogP contribution in [0.15, 0.2) is 49.6 Å². The molecule has 0 bridgehead atoms. The van der Waals surface area contributed by atoms with Crippen LogP contribution < -0.4 is 5.32 Å². The Morgan fingerprint density at radius 2 is 2.06 bits per heavy atom. The summed E-state index contributed by atoms with van der Waals surface area (Å²) in [5, 5.41) is 3.58. The van der Waals surface area contributed by atoms with Crippen LogP contribution in [0.5, 0.6) is 0 Å². The molecule has 0 radical (unpaired) electrons. The minimum absolute atomic E-state index is 0.422. The van der Waals surface area contributed by atoms with Crippen LogP contribution in [0.3, 0.4) is 0 Å². The van der Waals surface area contributed by atoms with Crippen molar-refractivity contribution in [3.05, 3.63) is 55.1 Å². The van der Waals surface area contributed by atoms with Crippen LogP contribution >= 0.6 is 0 Å². The summed E-state index contributed by atoms with van der Waals surface area (Å²) in [5.74, 6) is 0.786. The smallest absolute Gasteiger partial charge is 0.0470 e. The highest BCUT2D eigenvalue weighted by Crippen LogP contribution is 2.35. The first-order valence-electron chi connectivity index (χ1n) is 5.93. The largest absolute Gasteiger partial charge is 0.378 e. The van der Waals surface area contributed by atoms with Crippen LogP contribution in [-0.2, 0) is 6.42 Å². The fourth-order valence-electron chi connectivity index (χ4n) is 2.00. The molecular weight excluding hydrogens is 194 g/mol. The second-order valence-electron chi connectivity index (χ2n) is 4.39. The zero-order valence-corrected chi connectivity index (χ0v) is 9.65. The lowest BCUT2D eigenvalue weighted by molar-refractivity contribution is 0.756. The van der Waals surface area contributed by atoms with E-state index in [0.717, 1.165) is 12.3 Å². The molecule has 1 aromatic rings. The number of hydrogen-bond acceptors (Lipinski definition) is 1. The minimum Gasteiger partial charge on any atom is -0.378 e. The summed E-state index contributed by atoms with van der Waals surface area (Å²) in [4.78, 5) is 0. The fraction of sp³-hybridized carbons (Fsp3) is 0.333. The Kier molecular flexibility index (Phi) is 3.45. The molecule has 0 unspecified atom stereocenters. The third-order valence-electron chi connectivity index (χ3n) is 3.09. The molecule has 16 heavy (non-hydrogen) atoms. The molecule has 1 nitrogen and oxygen atoms in total. The number of allylic oxidation sites excluding steroid dienone is 1. The van der Waals surface area contributed by atoms with E-state index in [0.29, 0.717) is 6.04 Å². The molecule has 0 aliphatic heterocycles. The van der Waals surface area contributed by atoms with Gasteiger partial charge >= 0.3 is 0 Å². The van der Waals surface area contributed by atoms with E-state index in [9.17, 15) is 0 Å². The van der Waals surface area contributed by atoms with Gasteiger partial charge in [-0.15, -0.1) is 13.2 Å². The highest BCUT2D eigenvalue weighted by molar-refractivity contribution is 5.53. The maximum atomic E-state index is 3.91. The standard InChI is InChI=1S/C15H19N/c1-3-7-12-8-5-6-9-15(12)16-14(4-2)13-10-11-13/h3-6,8-9,13-14,16H,1-2,7,10-11H2/t14-/m0/s1. The summed E-state index contributed by atoms with van der Waals surface area (Å²) in [6.45, 7) is 7.71. The molecule has 1 heteroatoms. The van der Waals surface area contributed by atoms with E-state index in [4.69, 9.17) is 0 Å². The van der Waals surface area contributed by atoms with Crippen LogP contribution in [0, 0.1) is 5.92 Å². The monoisotopic (exact) mass is 213 g/mol. The van der Waals surface area contributed by atoms with Gasteiger partial charge in [-0.3, -0.25) is 0 Å². The van der Waals surface area contributed by atoms with Gasteiger partial charge in [0.15, 0.2) is 0 Å². The topological polar surface area (TPSA) is 12.0 Å². The quantitative estimate of drug-likeness (QED) is 0.709. The van der Waals surface area contributed by atoms with Crippen LogP contribution in [-0.4, -0.2) is 6.04 Å². The average Bonchev–Trinajstić information content (AvgIpc) is 3.12. The molecule has 0 aromatic heterocycles. The first-order valence-corrected chi connectivity index (χ1v) is 5.93. The highest BCUT2D eigenvalue weighted by Gasteiger charge is 2.29.